The monoisotopic (exact) mass is 403 g/mol. The van der Waals surface area contributed by atoms with Crippen molar-refractivity contribution in [1.29, 1.82) is 0 Å². The van der Waals surface area contributed by atoms with Gasteiger partial charge in [0.2, 0.25) is 0 Å². The lowest BCUT2D eigenvalue weighted by Gasteiger charge is -2.11. The van der Waals surface area contributed by atoms with Gasteiger partial charge in [-0.05, 0) is 55.5 Å². The average Bonchev–Trinajstić information content (AvgIpc) is 3.05. The number of anilines is 1. The molecule has 0 saturated carbocycles. The van der Waals surface area contributed by atoms with Gasteiger partial charge < -0.3 is 15.2 Å². The van der Waals surface area contributed by atoms with Crippen LogP contribution in [-0.4, -0.2) is 22.5 Å². The summed E-state index contributed by atoms with van der Waals surface area (Å²) >= 11 is 7.47. The van der Waals surface area contributed by atoms with Gasteiger partial charge in [0.1, 0.15) is 16.4 Å². The summed E-state index contributed by atoms with van der Waals surface area (Å²) in [7, 11) is 0. The molecule has 1 aliphatic rings. The predicted octanol–water partition coefficient (Wildman–Crippen LogP) is 3.93. The molecule has 27 heavy (non-hydrogen) atoms. The van der Waals surface area contributed by atoms with Gasteiger partial charge in [-0.15, -0.1) is 11.3 Å². The van der Waals surface area contributed by atoms with E-state index in [0.717, 1.165) is 23.1 Å². The summed E-state index contributed by atoms with van der Waals surface area (Å²) in [6.45, 7) is -0.238. The number of hydrogen-bond donors (Lipinski definition) is 1. The van der Waals surface area contributed by atoms with E-state index in [0.29, 0.717) is 22.4 Å². The van der Waals surface area contributed by atoms with Crippen molar-refractivity contribution in [1.82, 2.24) is 9.97 Å². The smallest absolute Gasteiger partial charge is 0.344 e. The summed E-state index contributed by atoms with van der Waals surface area (Å²) in [6, 6.07) is 6.75. The van der Waals surface area contributed by atoms with E-state index < -0.39 is 5.97 Å². The Hall–Kier alpha value is -2.38. The van der Waals surface area contributed by atoms with E-state index in [4.69, 9.17) is 26.8 Å². The number of carbonyl (C=O) groups is 1. The van der Waals surface area contributed by atoms with Crippen LogP contribution < -0.4 is 10.5 Å². The molecule has 1 aromatic carbocycles. The van der Waals surface area contributed by atoms with Crippen LogP contribution in [0.1, 0.15) is 29.1 Å². The van der Waals surface area contributed by atoms with Crippen molar-refractivity contribution in [3.05, 3.63) is 45.6 Å². The number of carbonyl (C=O) groups excluding carboxylic acids is 1. The van der Waals surface area contributed by atoms with Crippen molar-refractivity contribution in [2.45, 2.75) is 32.3 Å². The molecule has 0 spiro atoms. The fraction of sp³-hybridized carbons (Fsp3) is 0.316. The van der Waals surface area contributed by atoms with E-state index in [1.165, 1.54) is 23.3 Å². The largest absolute Gasteiger partial charge is 0.482 e. The van der Waals surface area contributed by atoms with Gasteiger partial charge in [-0.25, -0.2) is 14.8 Å². The Balaban J connectivity index is 1.39. The molecule has 2 heterocycles. The van der Waals surface area contributed by atoms with Gasteiger partial charge >= 0.3 is 5.97 Å². The summed E-state index contributed by atoms with van der Waals surface area (Å²) in [4.78, 5) is 23.0. The molecule has 0 unspecified atom stereocenters. The van der Waals surface area contributed by atoms with E-state index >= 15 is 0 Å². The molecule has 4 rings (SSSR count). The Morgan fingerprint density at radius 1 is 1.19 bits per heavy atom. The molecule has 0 bridgehead atoms. The van der Waals surface area contributed by atoms with Crippen molar-refractivity contribution >= 4 is 44.9 Å². The fourth-order valence-corrected chi connectivity index (χ4v) is 4.57. The van der Waals surface area contributed by atoms with E-state index in [9.17, 15) is 4.79 Å². The van der Waals surface area contributed by atoms with E-state index in [1.54, 1.807) is 35.6 Å². The number of esters is 1. The SMILES string of the molecule is Nc1nc(COC(=O)COc2ccc(Cl)cc2)nc2sc3c(c12)CCCC3. The minimum Gasteiger partial charge on any atom is -0.482 e. The molecule has 140 valence electrons. The van der Waals surface area contributed by atoms with Gasteiger partial charge in [-0.2, -0.15) is 0 Å². The molecule has 2 N–H and O–H groups in total. The summed E-state index contributed by atoms with van der Waals surface area (Å²) in [5.41, 5.74) is 7.45. The molecule has 0 amide bonds. The van der Waals surface area contributed by atoms with Crippen LogP contribution in [0.25, 0.3) is 10.2 Å². The minimum absolute atomic E-state index is 0.0362. The lowest BCUT2D eigenvalue weighted by molar-refractivity contribution is -0.147. The highest BCUT2D eigenvalue weighted by Gasteiger charge is 2.20. The van der Waals surface area contributed by atoms with Gasteiger partial charge in [0.25, 0.3) is 0 Å². The normalized spacial score (nSPS) is 13.4. The van der Waals surface area contributed by atoms with E-state index in [1.807, 2.05) is 0 Å². The fourth-order valence-electron chi connectivity index (χ4n) is 3.16. The maximum Gasteiger partial charge on any atom is 0.344 e. The second-order valence-corrected chi connectivity index (χ2v) is 7.84. The third-order valence-electron chi connectivity index (χ3n) is 4.42. The minimum atomic E-state index is -0.502. The quantitative estimate of drug-likeness (QED) is 0.649. The number of rotatable bonds is 5. The van der Waals surface area contributed by atoms with Crippen LogP contribution in [0.3, 0.4) is 0 Å². The lowest BCUT2D eigenvalue weighted by Crippen LogP contribution is -2.15. The second kappa shape index (κ2) is 7.70. The van der Waals surface area contributed by atoms with Crippen LogP contribution in [0, 0.1) is 0 Å². The molecule has 1 aliphatic carbocycles. The number of ether oxygens (including phenoxy) is 2. The molecular weight excluding hydrogens is 386 g/mol. The average molecular weight is 404 g/mol. The predicted molar refractivity (Wildman–Crippen MR) is 105 cm³/mol. The van der Waals surface area contributed by atoms with Gasteiger partial charge in [0.05, 0.1) is 5.39 Å². The first-order chi connectivity index (χ1) is 13.1. The molecule has 0 atom stereocenters. The molecule has 0 fully saturated rings. The Morgan fingerprint density at radius 2 is 1.96 bits per heavy atom. The van der Waals surface area contributed by atoms with Crippen molar-refractivity contribution in [2.75, 3.05) is 12.3 Å². The third-order valence-corrected chi connectivity index (χ3v) is 5.86. The molecule has 8 heteroatoms. The Bertz CT molecular complexity index is 988. The summed E-state index contributed by atoms with van der Waals surface area (Å²) < 4.78 is 10.6. The topological polar surface area (TPSA) is 87.3 Å². The van der Waals surface area contributed by atoms with Crippen LogP contribution in [0.2, 0.25) is 5.02 Å². The zero-order valence-corrected chi connectivity index (χ0v) is 16.1. The number of hydrogen-bond acceptors (Lipinski definition) is 7. The number of benzene rings is 1. The first-order valence-corrected chi connectivity index (χ1v) is 9.90. The molecule has 2 aromatic heterocycles. The van der Waals surface area contributed by atoms with Crippen molar-refractivity contribution in [3.8, 4) is 5.75 Å². The maximum absolute atomic E-state index is 11.9. The van der Waals surface area contributed by atoms with Crippen molar-refractivity contribution in [3.63, 3.8) is 0 Å². The number of fused-ring (bicyclic) bond motifs is 3. The molecular formula is C19H18ClN3O3S. The second-order valence-electron chi connectivity index (χ2n) is 6.32. The molecule has 0 saturated heterocycles. The van der Waals surface area contributed by atoms with Gasteiger partial charge in [0.15, 0.2) is 19.0 Å². The van der Waals surface area contributed by atoms with E-state index in [2.05, 4.69) is 9.97 Å². The first-order valence-electron chi connectivity index (χ1n) is 8.71. The summed E-state index contributed by atoms with van der Waals surface area (Å²) in [5.74, 6) is 0.904. The maximum atomic E-state index is 11.9. The van der Waals surface area contributed by atoms with Gasteiger partial charge in [-0.3, -0.25) is 0 Å². The van der Waals surface area contributed by atoms with Crippen LogP contribution in [0.15, 0.2) is 24.3 Å². The highest BCUT2D eigenvalue weighted by molar-refractivity contribution is 7.19. The molecule has 6 nitrogen and oxygen atoms in total. The zero-order valence-electron chi connectivity index (χ0n) is 14.5. The molecule has 3 aromatic rings. The number of nitrogen functional groups attached to an aromatic ring is 1. The molecule has 0 radical (unpaired) electrons. The van der Waals surface area contributed by atoms with Crippen LogP contribution >= 0.6 is 22.9 Å². The van der Waals surface area contributed by atoms with Crippen LogP contribution in [0.5, 0.6) is 5.75 Å². The Kier molecular flexibility index (Phi) is 5.13. The lowest BCUT2D eigenvalue weighted by atomic mass is 9.97. The van der Waals surface area contributed by atoms with Gasteiger partial charge in [-0.1, -0.05) is 11.6 Å². The number of nitrogens with two attached hydrogens (primary N) is 1. The molecule has 0 aliphatic heterocycles. The van der Waals surface area contributed by atoms with E-state index in [-0.39, 0.29) is 13.2 Å². The van der Waals surface area contributed by atoms with Gasteiger partial charge in [0, 0.05) is 9.90 Å². The highest BCUT2D eigenvalue weighted by Crippen LogP contribution is 2.37. The highest BCUT2D eigenvalue weighted by atomic mass is 35.5. The number of aryl methyl sites for hydroxylation is 2. The number of nitrogens with zero attached hydrogens (tertiary/aromatic N) is 2. The Morgan fingerprint density at radius 3 is 2.78 bits per heavy atom. The van der Waals surface area contributed by atoms with Crippen molar-refractivity contribution < 1.29 is 14.3 Å². The third kappa shape index (κ3) is 3.99. The van der Waals surface area contributed by atoms with Crippen molar-refractivity contribution in [2.24, 2.45) is 0 Å². The zero-order chi connectivity index (χ0) is 18.8. The number of thiophene rings is 1. The standard InChI is InChI=1S/C19H18ClN3O3S/c20-11-5-7-12(8-6-11)25-10-16(24)26-9-15-22-18(21)17-13-3-1-2-4-14(13)27-19(17)23-15/h5-8H,1-4,9-10H2,(H2,21,22,23). The summed E-state index contributed by atoms with van der Waals surface area (Å²) in [5, 5.41) is 1.57. The number of halogens is 1. The first kappa shape index (κ1) is 18.0. The summed E-state index contributed by atoms with van der Waals surface area (Å²) in [6.07, 6.45) is 4.47. The Labute approximate surface area is 165 Å². The number of aromatic nitrogens is 2. The van der Waals surface area contributed by atoms with Crippen LogP contribution in [-0.2, 0) is 29.0 Å². The van der Waals surface area contributed by atoms with Crippen LogP contribution in [0.4, 0.5) is 5.82 Å².